The van der Waals surface area contributed by atoms with Gasteiger partial charge in [-0.05, 0) is 38.8 Å². The maximum absolute atomic E-state index is 6.12. The number of piperidine rings is 1. The minimum Gasteiger partial charge on any atom is -0.370 e. The topological polar surface area (TPSA) is 55.5 Å². The Morgan fingerprint density at radius 2 is 2.12 bits per heavy atom. The average Bonchev–Trinajstić information content (AvgIpc) is 3.00. The van der Waals surface area contributed by atoms with Crippen LogP contribution in [0.4, 0.5) is 5.82 Å². The van der Waals surface area contributed by atoms with E-state index in [1.807, 2.05) is 48.8 Å². The maximum atomic E-state index is 6.12. The Labute approximate surface area is 147 Å². The molecular weight excluding hydrogens is 314 g/mol. The molecule has 130 valence electrons. The van der Waals surface area contributed by atoms with Crippen molar-refractivity contribution in [3.8, 4) is 0 Å². The van der Waals surface area contributed by atoms with Crippen molar-refractivity contribution in [2.75, 3.05) is 18.0 Å². The summed E-state index contributed by atoms with van der Waals surface area (Å²) in [6, 6.07) is 10.1. The lowest BCUT2D eigenvalue weighted by molar-refractivity contribution is 0.0296. The Morgan fingerprint density at radius 1 is 1.20 bits per heavy atom. The van der Waals surface area contributed by atoms with Crippen LogP contribution in [0.1, 0.15) is 29.9 Å². The van der Waals surface area contributed by atoms with Crippen molar-refractivity contribution >= 4 is 11.5 Å². The molecule has 0 radical (unpaired) electrons. The fourth-order valence-corrected chi connectivity index (χ4v) is 3.39. The molecule has 1 aliphatic rings. The van der Waals surface area contributed by atoms with Crippen molar-refractivity contribution in [3.63, 3.8) is 0 Å². The van der Waals surface area contributed by atoms with Gasteiger partial charge < -0.3 is 9.64 Å². The maximum Gasteiger partial charge on any atom is 0.157 e. The van der Waals surface area contributed by atoms with E-state index in [4.69, 9.17) is 4.74 Å². The molecule has 3 aromatic rings. The van der Waals surface area contributed by atoms with E-state index in [0.717, 1.165) is 54.5 Å². The summed E-state index contributed by atoms with van der Waals surface area (Å²) in [7, 11) is 0. The number of anilines is 1. The molecule has 4 heterocycles. The minimum absolute atomic E-state index is 0.205. The highest BCUT2D eigenvalue weighted by atomic mass is 16.5. The number of aryl methyl sites for hydroxylation is 2. The van der Waals surface area contributed by atoms with Gasteiger partial charge in [-0.15, -0.1) is 0 Å². The number of hydrogen-bond acceptors (Lipinski definition) is 5. The summed E-state index contributed by atoms with van der Waals surface area (Å²) in [5.41, 5.74) is 3.88. The van der Waals surface area contributed by atoms with Crippen LogP contribution in [0.15, 0.2) is 36.5 Å². The molecule has 4 rings (SSSR count). The fourth-order valence-electron chi connectivity index (χ4n) is 3.39. The number of aromatic nitrogens is 4. The van der Waals surface area contributed by atoms with Crippen molar-refractivity contribution in [1.82, 2.24) is 19.6 Å². The first-order valence-corrected chi connectivity index (χ1v) is 8.79. The second kappa shape index (κ2) is 6.80. The second-order valence-corrected chi connectivity index (χ2v) is 6.65. The van der Waals surface area contributed by atoms with E-state index in [2.05, 4.69) is 26.0 Å². The first kappa shape index (κ1) is 16.0. The third kappa shape index (κ3) is 3.49. The van der Waals surface area contributed by atoms with Crippen molar-refractivity contribution in [2.45, 2.75) is 39.4 Å². The highest BCUT2D eigenvalue weighted by molar-refractivity contribution is 5.52. The van der Waals surface area contributed by atoms with Crippen molar-refractivity contribution in [3.05, 3.63) is 53.6 Å². The molecule has 6 nitrogen and oxygen atoms in total. The van der Waals surface area contributed by atoms with E-state index >= 15 is 0 Å². The van der Waals surface area contributed by atoms with E-state index in [1.54, 1.807) is 0 Å². The number of pyridine rings is 1. The van der Waals surface area contributed by atoms with Crippen molar-refractivity contribution in [1.29, 1.82) is 0 Å². The Bertz CT molecular complexity index is 861. The molecule has 1 fully saturated rings. The van der Waals surface area contributed by atoms with Crippen LogP contribution in [0.5, 0.6) is 0 Å². The molecule has 0 aromatic carbocycles. The monoisotopic (exact) mass is 337 g/mol. The van der Waals surface area contributed by atoms with Crippen LogP contribution < -0.4 is 4.90 Å². The number of nitrogens with zero attached hydrogens (tertiary/aromatic N) is 5. The van der Waals surface area contributed by atoms with Crippen LogP contribution in [0.2, 0.25) is 0 Å². The SMILES string of the molecule is Cc1cc(N2CCC[C@@H](OCc3ccccn3)C2)n2nc(C)cc2n1. The summed E-state index contributed by atoms with van der Waals surface area (Å²) in [4.78, 5) is 11.3. The first-order valence-electron chi connectivity index (χ1n) is 8.79. The summed E-state index contributed by atoms with van der Waals surface area (Å²) in [6.45, 7) is 6.48. The van der Waals surface area contributed by atoms with Gasteiger partial charge in [0.2, 0.25) is 0 Å². The molecule has 0 N–H and O–H groups in total. The second-order valence-electron chi connectivity index (χ2n) is 6.65. The largest absolute Gasteiger partial charge is 0.370 e. The van der Waals surface area contributed by atoms with Gasteiger partial charge in [0.1, 0.15) is 5.82 Å². The molecular formula is C19H23N5O. The van der Waals surface area contributed by atoms with Gasteiger partial charge in [0.05, 0.1) is 24.1 Å². The normalized spacial score (nSPS) is 18.0. The molecule has 0 aliphatic carbocycles. The summed E-state index contributed by atoms with van der Waals surface area (Å²) in [5, 5.41) is 4.61. The molecule has 0 spiro atoms. The predicted octanol–water partition coefficient (Wildman–Crippen LogP) is 2.93. The zero-order chi connectivity index (χ0) is 17.2. The zero-order valence-corrected chi connectivity index (χ0v) is 14.7. The quantitative estimate of drug-likeness (QED) is 0.733. The van der Waals surface area contributed by atoms with Gasteiger partial charge >= 0.3 is 0 Å². The minimum atomic E-state index is 0.205. The lowest BCUT2D eigenvalue weighted by Gasteiger charge is -2.34. The van der Waals surface area contributed by atoms with Crippen LogP contribution >= 0.6 is 0 Å². The molecule has 1 aliphatic heterocycles. The Morgan fingerprint density at radius 3 is 2.96 bits per heavy atom. The lowest BCUT2D eigenvalue weighted by atomic mass is 10.1. The highest BCUT2D eigenvalue weighted by Gasteiger charge is 2.23. The first-order chi connectivity index (χ1) is 12.2. The van der Waals surface area contributed by atoms with E-state index in [1.165, 1.54) is 0 Å². The van der Waals surface area contributed by atoms with E-state index in [0.29, 0.717) is 6.61 Å². The summed E-state index contributed by atoms with van der Waals surface area (Å²) < 4.78 is 8.07. The van der Waals surface area contributed by atoms with Crippen molar-refractivity contribution < 1.29 is 4.74 Å². The summed E-state index contributed by atoms with van der Waals surface area (Å²) in [6.07, 6.45) is 4.20. The molecule has 0 amide bonds. The van der Waals surface area contributed by atoms with E-state index in [-0.39, 0.29) is 6.10 Å². The van der Waals surface area contributed by atoms with Gasteiger partial charge in [0, 0.05) is 37.1 Å². The average molecular weight is 337 g/mol. The standard InChI is InChI=1S/C19H23N5O/c1-14-11-19(24-18(21-14)10-15(2)22-24)23-9-5-7-17(12-23)25-13-16-6-3-4-8-20-16/h3-4,6,8,10-11,17H,5,7,9,12-13H2,1-2H3/t17-/m1/s1. The van der Waals surface area contributed by atoms with Crippen LogP contribution in [-0.2, 0) is 11.3 Å². The molecule has 0 saturated carbocycles. The number of hydrogen-bond donors (Lipinski definition) is 0. The third-order valence-electron chi connectivity index (χ3n) is 4.55. The van der Waals surface area contributed by atoms with E-state index < -0.39 is 0 Å². The lowest BCUT2D eigenvalue weighted by Crippen LogP contribution is -2.40. The summed E-state index contributed by atoms with van der Waals surface area (Å²) in [5.74, 6) is 1.10. The molecule has 1 saturated heterocycles. The molecule has 3 aromatic heterocycles. The molecule has 25 heavy (non-hydrogen) atoms. The highest BCUT2D eigenvalue weighted by Crippen LogP contribution is 2.23. The molecule has 6 heteroatoms. The predicted molar refractivity (Wildman–Crippen MR) is 96.7 cm³/mol. The third-order valence-corrected chi connectivity index (χ3v) is 4.55. The Balaban J connectivity index is 1.51. The van der Waals surface area contributed by atoms with Crippen LogP contribution in [-0.4, -0.2) is 38.8 Å². The van der Waals surface area contributed by atoms with Crippen molar-refractivity contribution in [2.24, 2.45) is 0 Å². The summed E-state index contributed by atoms with van der Waals surface area (Å²) >= 11 is 0. The smallest absolute Gasteiger partial charge is 0.157 e. The van der Waals surface area contributed by atoms with Crippen LogP contribution in [0.3, 0.4) is 0 Å². The number of fused-ring (bicyclic) bond motifs is 1. The molecule has 0 bridgehead atoms. The number of rotatable bonds is 4. The van der Waals surface area contributed by atoms with Gasteiger partial charge in [-0.1, -0.05) is 6.07 Å². The number of ether oxygens (including phenoxy) is 1. The van der Waals surface area contributed by atoms with Gasteiger partial charge in [-0.25, -0.2) is 4.98 Å². The fraction of sp³-hybridized carbons (Fsp3) is 0.421. The van der Waals surface area contributed by atoms with Crippen LogP contribution in [0.25, 0.3) is 5.65 Å². The van der Waals surface area contributed by atoms with Gasteiger partial charge in [0.15, 0.2) is 5.65 Å². The van der Waals surface area contributed by atoms with Gasteiger partial charge in [-0.3, -0.25) is 4.98 Å². The zero-order valence-electron chi connectivity index (χ0n) is 14.7. The Kier molecular flexibility index (Phi) is 4.36. The van der Waals surface area contributed by atoms with Gasteiger partial charge in [0.25, 0.3) is 0 Å². The van der Waals surface area contributed by atoms with Crippen LogP contribution in [0, 0.1) is 13.8 Å². The van der Waals surface area contributed by atoms with Gasteiger partial charge in [-0.2, -0.15) is 9.61 Å². The Hall–Kier alpha value is -2.47. The van der Waals surface area contributed by atoms with E-state index in [9.17, 15) is 0 Å². The molecule has 0 unspecified atom stereocenters. The molecule has 1 atom stereocenters.